The number of amides is 1. The van der Waals surface area contributed by atoms with Crippen molar-refractivity contribution in [3.05, 3.63) is 0 Å². The van der Waals surface area contributed by atoms with E-state index >= 15 is 0 Å². The molecule has 1 heterocycles. The van der Waals surface area contributed by atoms with Crippen molar-refractivity contribution in [2.75, 3.05) is 33.2 Å². The number of nitrogens with one attached hydrogen (secondary N) is 1. The van der Waals surface area contributed by atoms with Gasteiger partial charge in [0.25, 0.3) is 0 Å². The van der Waals surface area contributed by atoms with Crippen LogP contribution in [0, 0.1) is 17.8 Å². The van der Waals surface area contributed by atoms with Crippen molar-refractivity contribution in [2.45, 2.75) is 25.7 Å². The number of hydrogen-bond donors (Lipinski definition) is 1. The van der Waals surface area contributed by atoms with Crippen LogP contribution in [0.15, 0.2) is 0 Å². The monoisotopic (exact) mass is 237 g/mol. The molecule has 1 saturated heterocycles. The summed E-state index contributed by atoms with van der Waals surface area (Å²) >= 11 is 0. The lowest BCUT2D eigenvalue weighted by atomic mass is 9.88. The molecule has 2 saturated carbocycles. The van der Waals surface area contributed by atoms with Crippen molar-refractivity contribution < 1.29 is 4.79 Å². The van der Waals surface area contributed by atoms with Gasteiger partial charge in [-0.3, -0.25) is 10.2 Å². The molecule has 0 aromatic carbocycles. The Kier molecular flexibility index (Phi) is 3.09. The van der Waals surface area contributed by atoms with E-state index in [0.29, 0.717) is 17.7 Å². The molecule has 2 bridgehead atoms. The fourth-order valence-electron chi connectivity index (χ4n) is 3.72. The Morgan fingerprint density at radius 1 is 1.12 bits per heavy atom. The first-order valence-corrected chi connectivity index (χ1v) is 6.96. The van der Waals surface area contributed by atoms with Gasteiger partial charge in [0, 0.05) is 32.1 Å². The summed E-state index contributed by atoms with van der Waals surface area (Å²) in [4.78, 5) is 14.5. The van der Waals surface area contributed by atoms with Crippen LogP contribution in [0.3, 0.4) is 0 Å². The molecule has 0 aromatic rings. The minimum atomic E-state index is 0.293. The number of nitrogens with zero attached hydrogens (tertiary/aromatic N) is 2. The standard InChI is InChI=1S/C13H23N3O/c1-15-4-6-16(7-5-15)14-13(17)12-9-10-2-3-11(12)8-10/h10-12H,2-9H2,1H3,(H,14,17)/t10-,11-,12+/m1/s1. The van der Waals surface area contributed by atoms with Crippen molar-refractivity contribution >= 4 is 5.91 Å². The van der Waals surface area contributed by atoms with Crippen molar-refractivity contribution in [3.63, 3.8) is 0 Å². The van der Waals surface area contributed by atoms with E-state index in [2.05, 4.69) is 22.4 Å². The summed E-state index contributed by atoms with van der Waals surface area (Å²) in [6, 6.07) is 0. The lowest BCUT2D eigenvalue weighted by Crippen LogP contribution is -2.54. The molecule has 17 heavy (non-hydrogen) atoms. The molecule has 2 aliphatic carbocycles. The molecule has 0 radical (unpaired) electrons. The third-order valence-corrected chi connectivity index (χ3v) is 4.85. The number of likely N-dealkylation sites (N-methyl/N-ethyl adjacent to an activating group) is 1. The van der Waals surface area contributed by atoms with Gasteiger partial charge in [-0.1, -0.05) is 6.42 Å². The molecule has 3 atom stereocenters. The van der Waals surface area contributed by atoms with Crippen molar-refractivity contribution in [3.8, 4) is 0 Å². The average molecular weight is 237 g/mol. The Balaban J connectivity index is 1.50. The molecular weight excluding hydrogens is 214 g/mol. The molecule has 3 fully saturated rings. The predicted molar refractivity (Wildman–Crippen MR) is 66.2 cm³/mol. The van der Waals surface area contributed by atoms with Crippen LogP contribution in [0.5, 0.6) is 0 Å². The summed E-state index contributed by atoms with van der Waals surface area (Å²) in [6.07, 6.45) is 5.10. The van der Waals surface area contributed by atoms with Crippen LogP contribution in [0.25, 0.3) is 0 Å². The zero-order valence-electron chi connectivity index (χ0n) is 10.7. The molecule has 0 aromatic heterocycles. The molecule has 3 aliphatic rings. The minimum absolute atomic E-state index is 0.293. The van der Waals surface area contributed by atoms with Gasteiger partial charge in [-0.05, 0) is 38.1 Å². The van der Waals surface area contributed by atoms with Gasteiger partial charge in [0.1, 0.15) is 0 Å². The van der Waals surface area contributed by atoms with Gasteiger partial charge < -0.3 is 4.90 Å². The quantitative estimate of drug-likeness (QED) is 0.768. The first-order valence-electron chi connectivity index (χ1n) is 6.96. The van der Waals surface area contributed by atoms with Crippen LogP contribution in [-0.2, 0) is 4.79 Å². The van der Waals surface area contributed by atoms with Crippen LogP contribution in [-0.4, -0.2) is 49.0 Å². The van der Waals surface area contributed by atoms with E-state index in [1.165, 1.54) is 19.3 Å². The highest BCUT2D eigenvalue weighted by Crippen LogP contribution is 2.48. The molecular formula is C13H23N3O. The SMILES string of the molecule is CN1CCN(NC(=O)[C@H]2C[C@@H]3CC[C@@H]2C3)CC1. The molecule has 96 valence electrons. The maximum Gasteiger partial charge on any atom is 0.237 e. The van der Waals surface area contributed by atoms with E-state index in [9.17, 15) is 4.79 Å². The number of carbonyl (C=O) groups is 1. The Hall–Kier alpha value is -0.610. The first kappa shape index (κ1) is 11.5. The van der Waals surface area contributed by atoms with Gasteiger partial charge >= 0.3 is 0 Å². The van der Waals surface area contributed by atoms with E-state index in [1.54, 1.807) is 0 Å². The molecule has 3 rings (SSSR count). The Morgan fingerprint density at radius 3 is 2.47 bits per heavy atom. The van der Waals surface area contributed by atoms with E-state index in [0.717, 1.165) is 38.5 Å². The Morgan fingerprint density at radius 2 is 1.88 bits per heavy atom. The smallest absolute Gasteiger partial charge is 0.237 e. The number of hydrogen-bond acceptors (Lipinski definition) is 3. The van der Waals surface area contributed by atoms with Crippen LogP contribution >= 0.6 is 0 Å². The first-order chi connectivity index (χ1) is 8.22. The fraction of sp³-hybridized carbons (Fsp3) is 0.923. The summed E-state index contributed by atoms with van der Waals surface area (Å²) in [5, 5.41) is 2.11. The van der Waals surface area contributed by atoms with Crippen molar-refractivity contribution in [2.24, 2.45) is 17.8 Å². The lowest BCUT2D eigenvalue weighted by molar-refractivity contribution is -0.132. The summed E-state index contributed by atoms with van der Waals surface area (Å²) in [7, 11) is 2.13. The zero-order valence-corrected chi connectivity index (χ0v) is 10.7. The largest absolute Gasteiger partial charge is 0.304 e. The molecule has 1 amide bonds. The molecule has 1 N–H and O–H groups in total. The fourth-order valence-corrected chi connectivity index (χ4v) is 3.72. The summed E-state index contributed by atoms with van der Waals surface area (Å²) in [5.74, 6) is 2.14. The van der Waals surface area contributed by atoms with E-state index in [1.807, 2.05) is 0 Å². The van der Waals surface area contributed by atoms with Gasteiger partial charge in [-0.15, -0.1) is 0 Å². The number of carbonyl (C=O) groups excluding carboxylic acids is 1. The third-order valence-electron chi connectivity index (χ3n) is 4.85. The van der Waals surface area contributed by atoms with Crippen LogP contribution in [0.1, 0.15) is 25.7 Å². The summed E-state index contributed by atoms with van der Waals surface area (Å²) in [5.41, 5.74) is 3.13. The number of rotatable bonds is 2. The number of piperazine rings is 1. The topological polar surface area (TPSA) is 35.6 Å². The van der Waals surface area contributed by atoms with Gasteiger partial charge in [0.15, 0.2) is 0 Å². The second-order valence-electron chi connectivity index (χ2n) is 6.05. The molecule has 4 nitrogen and oxygen atoms in total. The third kappa shape index (κ3) is 2.33. The maximum absolute atomic E-state index is 12.2. The molecule has 4 heteroatoms. The van der Waals surface area contributed by atoms with Gasteiger partial charge in [-0.2, -0.15) is 0 Å². The second kappa shape index (κ2) is 4.58. The Labute approximate surface area is 103 Å². The lowest BCUT2D eigenvalue weighted by Gasteiger charge is -2.33. The minimum Gasteiger partial charge on any atom is -0.304 e. The number of fused-ring (bicyclic) bond motifs is 2. The molecule has 1 aliphatic heterocycles. The van der Waals surface area contributed by atoms with Crippen molar-refractivity contribution in [1.82, 2.24) is 15.3 Å². The van der Waals surface area contributed by atoms with Crippen LogP contribution < -0.4 is 5.43 Å². The summed E-state index contributed by atoms with van der Waals surface area (Å²) in [6.45, 7) is 4.03. The second-order valence-corrected chi connectivity index (χ2v) is 6.05. The normalized spacial score (nSPS) is 38.5. The van der Waals surface area contributed by atoms with E-state index in [4.69, 9.17) is 0 Å². The van der Waals surface area contributed by atoms with Crippen LogP contribution in [0.2, 0.25) is 0 Å². The van der Waals surface area contributed by atoms with E-state index in [-0.39, 0.29) is 0 Å². The molecule has 0 unspecified atom stereocenters. The highest BCUT2D eigenvalue weighted by Gasteiger charge is 2.43. The zero-order chi connectivity index (χ0) is 11.8. The highest BCUT2D eigenvalue weighted by molar-refractivity contribution is 5.79. The van der Waals surface area contributed by atoms with Crippen LogP contribution in [0.4, 0.5) is 0 Å². The molecule has 0 spiro atoms. The van der Waals surface area contributed by atoms with Gasteiger partial charge in [0.05, 0.1) is 0 Å². The van der Waals surface area contributed by atoms with Gasteiger partial charge in [-0.25, -0.2) is 5.01 Å². The van der Waals surface area contributed by atoms with Crippen molar-refractivity contribution in [1.29, 1.82) is 0 Å². The van der Waals surface area contributed by atoms with Gasteiger partial charge in [0.2, 0.25) is 5.91 Å². The predicted octanol–water partition coefficient (Wildman–Crippen LogP) is 0.701. The van der Waals surface area contributed by atoms with E-state index < -0.39 is 0 Å². The Bertz CT molecular complexity index is 299. The average Bonchev–Trinajstić information content (AvgIpc) is 2.94. The highest BCUT2D eigenvalue weighted by atomic mass is 16.2. The summed E-state index contributed by atoms with van der Waals surface area (Å²) < 4.78 is 0. The number of hydrazine groups is 1. The maximum atomic E-state index is 12.2.